The smallest absolute Gasteiger partial charge is 0.307 e. The Balaban J connectivity index is 1.47. The van der Waals surface area contributed by atoms with Crippen LogP contribution in [-0.4, -0.2) is 25.7 Å². The Morgan fingerprint density at radius 1 is 0.933 bits per heavy atom. The molecule has 154 valence electrons. The monoisotopic (exact) mass is 401 g/mol. The van der Waals surface area contributed by atoms with Crippen LogP contribution in [0.4, 0.5) is 5.69 Å². The Morgan fingerprint density at radius 3 is 2.27 bits per heavy atom. The Bertz CT molecular complexity index is 941. The molecule has 3 aromatic carbocycles. The average Bonchev–Trinajstić information content (AvgIpc) is 3.23. The third kappa shape index (κ3) is 4.82. The standard InChI is InChI=1S/C26H27NO3/c1-29-26(28)17-24-16-22(21-10-6-3-7-11-21)18-27(24)23-12-14-25(15-13-23)30-19-20-8-4-2-5-9-20/h2-15,22,24H,16-19H2,1H3/t22-,24-/m1/s1. The Hall–Kier alpha value is -3.27. The second-order valence-electron chi connectivity index (χ2n) is 7.70. The molecule has 1 aliphatic heterocycles. The van der Waals surface area contributed by atoms with Crippen molar-refractivity contribution in [2.45, 2.75) is 31.4 Å². The number of hydrogen-bond acceptors (Lipinski definition) is 4. The molecule has 4 heteroatoms. The molecule has 1 fully saturated rings. The maximum atomic E-state index is 12.0. The third-order valence-corrected chi connectivity index (χ3v) is 5.73. The minimum Gasteiger partial charge on any atom is -0.489 e. The van der Waals surface area contributed by atoms with Gasteiger partial charge < -0.3 is 14.4 Å². The first-order valence-corrected chi connectivity index (χ1v) is 10.4. The minimum atomic E-state index is -0.165. The van der Waals surface area contributed by atoms with Gasteiger partial charge in [0.05, 0.1) is 13.5 Å². The molecule has 1 saturated heterocycles. The van der Waals surface area contributed by atoms with E-state index in [9.17, 15) is 4.79 Å². The van der Waals surface area contributed by atoms with Crippen LogP contribution in [0, 0.1) is 0 Å². The molecule has 1 aliphatic rings. The molecular formula is C26H27NO3. The molecule has 3 aromatic rings. The number of carbonyl (C=O) groups excluding carboxylic acids is 1. The fourth-order valence-electron chi connectivity index (χ4n) is 4.14. The highest BCUT2D eigenvalue weighted by Gasteiger charge is 2.34. The van der Waals surface area contributed by atoms with Gasteiger partial charge >= 0.3 is 5.97 Å². The molecular weight excluding hydrogens is 374 g/mol. The fraction of sp³-hybridized carbons (Fsp3) is 0.269. The van der Waals surface area contributed by atoms with Crippen LogP contribution in [0.25, 0.3) is 0 Å². The number of carbonyl (C=O) groups is 1. The van der Waals surface area contributed by atoms with E-state index in [1.807, 2.05) is 36.4 Å². The second-order valence-corrected chi connectivity index (χ2v) is 7.70. The maximum Gasteiger partial charge on any atom is 0.307 e. The first kappa shape index (κ1) is 20.0. The highest BCUT2D eigenvalue weighted by atomic mass is 16.5. The molecule has 0 amide bonds. The number of hydrogen-bond donors (Lipinski definition) is 0. The van der Waals surface area contributed by atoms with Gasteiger partial charge in [-0.2, -0.15) is 0 Å². The highest BCUT2D eigenvalue weighted by Crippen LogP contribution is 2.37. The largest absolute Gasteiger partial charge is 0.489 e. The van der Waals surface area contributed by atoms with Gasteiger partial charge in [0.25, 0.3) is 0 Å². The minimum absolute atomic E-state index is 0.124. The zero-order chi connectivity index (χ0) is 20.8. The fourth-order valence-corrected chi connectivity index (χ4v) is 4.14. The van der Waals surface area contributed by atoms with Crippen LogP contribution >= 0.6 is 0 Å². The number of esters is 1. The number of benzene rings is 3. The summed E-state index contributed by atoms with van der Waals surface area (Å²) in [5, 5.41) is 0. The van der Waals surface area contributed by atoms with Crippen LogP contribution in [-0.2, 0) is 16.1 Å². The van der Waals surface area contributed by atoms with Crippen LogP contribution in [0.2, 0.25) is 0 Å². The summed E-state index contributed by atoms with van der Waals surface area (Å²) in [6.07, 6.45) is 1.33. The molecule has 0 N–H and O–H groups in total. The Labute approximate surface area is 178 Å². The van der Waals surface area contributed by atoms with Gasteiger partial charge in [0.15, 0.2) is 0 Å². The topological polar surface area (TPSA) is 38.8 Å². The van der Waals surface area contributed by atoms with Crippen molar-refractivity contribution in [2.24, 2.45) is 0 Å². The molecule has 1 heterocycles. The van der Waals surface area contributed by atoms with E-state index >= 15 is 0 Å². The van der Waals surface area contributed by atoms with E-state index in [1.54, 1.807) is 0 Å². The summed E-state index contributed by atoms with van der Waals surface area (Å²) in [6.45, 7) is 1.43. The molecule has 30 heavy (non-hydrogen) atoms. The summed E-state index contributed by atoms with van der Waals surface area (Å²) in [4.78, 5) is 14.3. The highest BCUT2D eigenvalue weighted by molar-refractivity contribution is 5.71. The van der Waals surface area contributed by atoms with E-state index in [2.05, 4.69) is 53.4 Å². The number of anilines is 1. The van der Waals surface area contributed by atoms with E-state index in [4.69, 9.17) is 9.47 Å². The van der Waals surface area contributed by atoms with Crippen molar-refractivity contribution in [2.75, 3.05) is 18.6 Å². The van der Waals surface area contributed by atoms with Crippen LogP contribution < -0.4 is 9.64 Å². The summed E-state index contributed by atoms with van der Waals surface area (Å²) in [7, 11) is 1.45. The van der Waals surface area contributed by atoms with Crippen molar-refractivity contribution < 1.29 is 14.3 Å². The molecule has 0 spiro atoms. The maximum absolute atomic E-state index is 12.0. The Morgan fingerprint density at radius 2 is 1.60 bits per heavy atom. The lowest BCUT2D eigenvalue weighted by Gasteiger charge is -2.26. The summed E-state index contributed by atoms with van der Waals surface area (Å²) in [5.41, 5.74) is 3.57. The normalized spacial score (nSPS) is 18.2. The van der Waals surface area contributed by atoms with E-state index in [-0.39, 0.29) is 12.0 Å². The molecule has 2 atom stereocenters. The lowest BCUT2D eigenvalue weighted by molar-refractivity contribution is -0.140. The van der Waals surface area contributed by atoms with Gasteiger partial charge in [-0.3, -0.25) is 4.79 Å². The summed E-state index contributed by atoms with van der Waals surface area (Å²) < 4.78 is 10.9. The average molecular weight is 402 g/mol. The number of methoxy groups -OCH3 is 1. The van der Waals surface area contributed by atoms with Crippen LogP contribution in [0.15, 0.2) is 84.9 Å². The van der Waals surface area contributed by atoms with Crippen molar-refractivity contribution >= 4 is 11.7 Å². The molecule has 0 bridgehead atoms. The second kappa shape index (κ2) is 9.49. The number of nitrogens with zero attached hydrogens (tertiary/aromatic N) is 1. The summed E-state index contributed by atoms with van der Waals surface area (Å²) in [5.74, 6) is 1.07. The summed E-state index contributed by atoms with van der Waals surface area (Å²) in [6, 6.07) is 29.0. The molecule has 0 aromatic heterocycles. The number of rotatable bonds is 7. The van der Waals surface area contributed by atoms with E-state index < -0.39 is 0 Å². The first-order chi connectivity index (χ1) is 14.7. The van der Waals surface area contributed by atoms with Gasteiger partial charge in [0, 0.05) is 24.2 Å². The predicted octanol–water partition coefficient (Wildman–Crippen LogP) is 5.19. The Kier molecular flexibility index (Phi) is 6.33. The summed E-state index contributed by atoms with van der Waals surface area (Å²) >= 11 is 0. The van der Waals surface area contributed by atoms with Crippen molar-refractivity contribution in [3.05, 3.63) is 96.1 Å². The van der Waals surface area contributed by atoms with E-state index in [1.165, 1.54) is 12.7 Å². The first-order valence-electron chi connectivity index (χ1n) is 10.4. The lowest BCUT2D eigenvalue weighted by atomic mass is 9.95. The molecule has 0 unspecified atom stereocenters. The quantitative estimate of drug-likeness (QED) is 0.511. The van der Waals surface area contributed by atoms with Crippen LogP contribution in [0.3, 0.4) is 0 Å². The molecule has 4 nitrogen and oxygen atoms in total. The van der Waals surface area contributed by atoms with Crippen molar-refractivity contribution in [3.8, 4) is 5.75 Å². The van der Waals surface area contributed by atoms with Crippen LogP contribution in [0.1, 0.15) is 29.9 Å². The van der Waals surface area contributed by atoms with E-state index in [0.717, 1.165) is 30.0 Å². The van der Waals surface area contributed by atoms with Gasteiger partial charge in [0.2, 0.25) is 0 Å². The third-order valence-electron chi connectivity index (χ3n) is 5.73. The van der Waals surface area contributed by atoms with Gasteiger partial charge in [0.1, 0.15) is 12.4 Å². The predicted molar refractivity (Wildman–Crippen MR) is 119 cm³/mol. The molecule has 4 rings (SSSR count). The molecule has 0 aliphatic carbocycles. The van der Waals surface area contributed by atoms with Gasteiger partial charge in [-0.1, -0.05) is 60.7 Å². The molecule has 0 saturated carbocycles. The molecule has 0 radical (unpaired) electrons. The van der Waals surface area contributed by atoms with Gasteiger partial charge in [-0.25, -0.2) is 0 Å². The van der Waals surface area contributed by atoms with Gasteiger partial charge in [-0.15, -0.1) is 0 Å². The SMILES string of the molecule is COC(=O)C[C@H]1C[C@@H](c2ccccc2)CN1c1ccc(OCc2ccccc2)cc1. The van der Waals surface area contributed by atoms with E-state index in [0.29, 0.717) is 18.9 Å². The van der Waals surface area contributed by atoms with Crippen molar-refractivity contribution in [3.63, 3.8) is 0 Å². The van der Waals surface area contributed by atoms with Crippen molar-refractivity contribution in [1.82, 2.24) is 0 Å². The van der Waals surface area contributed by atoms with Crippen molar-refractivity contribution in [1.29, 1.82) is 0 Å². The zero-order valence-electron chi connectivity index (χ0n) is 17.2. The zero-order valence-corrected chi connectivity index (χ0v) is 17.2. The van der Waals surface area contributed by atoms with Gasteiger partial charge in [-0.05, 0) is 41.8 Å². The number of ether oxygens (including phenoxy) is 2. The van der Waals surface area contributed by atoms with Crippen LogP contribution in [0.5, 0.6) is 5.75 Å². The lowest BCUT2D eigenvalue weighted by Crippen LogP contribution is -2.31.